The van der Waals surface area contributed by atoms with Crippen LogP contribution in [-0.2, 0) is 9.59 Å². The van der Waals surface area contributed by atoms with Crippen molar-refractivity contribution in [3.05, 3.63) is 0 Å². The third kappa shape index (κ3) is 2.68. The van der Waals surface area contributed by atoms with Crippen molar-refractivity contribution in [3.63, 3.8) is 0 Å². The van der Waals surface area contributed by atoms with E-state index >= 15 is 0 Å². The predicted octanol–water partition coefficient (Wildman–Crippen LogP) is 1.67. The largest absolute Gasteiger partial charge is 0.480 e. The van der Waals surface area contributed by atoms with Crippen molar-refractivity contribution in [2.75, 3.05) is 6.54 Å². The summed E-state index contributed by atoms with van der Waals surface area (Å²) in [5.74, 6) is -0.676. The molecule has 1 heterocycles. The maximum absolute atomic E-state index is 12.6. The highest BCUT2D eigenvalue weighted by molar-refractivity contribution is 5.92. The second-order valence-electron chi connectivity index (χ2n) is 6.51. The lowest BCUT2D eigenvalue weighted by Crippen LogP contribution is -2.63. The third-order valence-electron chi connectivity index (χ3n) is 5.04. The van der Waals surface area contributed by atoms with E-state index < -0.39 is 17.0 Å². The average molecular weight is 282 g/mol. The minimum absolute atomic E-state index is 0.131. The van der Waals surface area contributed by atoms with Gasteiger partial charge in [0, 0.05) is 0 Å². The van der Waals surface area contributed by atoms with E-state index in [4.69, 9.17) is 0 Å². The molecule has 0 aromatic carbocycles. The monoisotopic (exact) mass is 282 g/mol. The Morgan fingerprint density at radius 2 is 2.10 bits per heavy atom. The molecule has 1 aliphatic heterocycles. The number of carboxylic acids is 1. The number of hydrogen-bond acceptors (Lipinski definition) is 3. The van der Waals surface area contributed by atoms with E-state index in [0.29, 0.717) is 25.2 Å². The molecule has 3 N–H and O–H groups in total. The Balaban J connectivity index is 2.16. The third-order valence-corrected chi connectivity index (χ3v) is 5.04. The van der Waals surface area contributed by atoms with Crippen LogP contribution in [0.15, 0.2) is 0 Å². The summed E-state index contributed by atoms with van der Waals surface area (Å²) < 4.78 is 0. The minimum atomic E-state index is -1.07. The smallest absolute Gasteiger partial charge is 0.329 e. The first-order chi connectivity index (χ1) is 9.44. The summed E-state index contributed by atoms with van der Waals surface area (Å²) in [4.78, 5) is 24.4. The van der Waals surface area contributed by atoms with Gasteiger partial charge < -0.3 is 15.7 Å². The molecular weight excluding hydrogens is 256 g/mol. The van der Waals surface area contributed by atoms with Gasteiger partial charge in [-0.15, -0.1) is 0 Å². The van der Waals surface area contributed by atoms with Crippen molar-refractivity contribution >= 4 is 11.9 Å². The number of aliphatic carboxylic acids is 1. The van der Waals surface area contributed by atoms with E-state index in [1.165, 1.54) is 0 Å². The SMILES string of the molecule is CCC1(C(=O)NC2(C(=O)O)CCCC(C)C2)CCCN1. The number of carbonyl (C=O) groups excluding carboxylic acids is 1. The molecule has 5 nitrogen and oxygen atoms in total. The normalized spacial score (nSPS) is 37.6. The first kappa shape index (κ1) is 15.3. The fraction of sp³-hybridized carbons (Fsp3) is 0.867. The van der Waals surface area contributed by atoms with Gasteiger partial charge in [0.1, 0.15) is 5.54 Å². The van der Waals surface area contributed by atoms with Gasteiger partial charge in [-0.1, -0.05) is 26.7 Å². The Kier molecular flexibility index (Phi) is 4.37. The van der Waals surface area contributed by atoms with E-state index in [1.54, 1.807) is 0 Å². The molecule has 1 aliphatic carbocycles. The molecule has 2 fully saturated rings. The molecule has 3 unspecified atom stereocenters. The van der Waals surface area contributed by atoms with Crippen LogP contribution in [-0.4, -0.2) is 34.6 Å². The number of hydrogen-bond donors (Lipinski definition) is 3. The summed E-state index contributed by atoms with van der Waals surface area (Å²) in [6, 6.07) is 0. The molecule has 114 valence electrons. The van der Waals surface area contributed by atoms with Gasteiger partial charge in [0.15, 0.2) is 0 Å². The number of amides is 1. The second kappa shape index (κ2) is 5.72. The highest BCUT2D eigenvalue weighted by atomic mass is 16.4. The lowest BCUT2D eigenvalue weighted by Gasteiger charge is -2.39. The second-order valence-corrected chi connectivity index (χ2v) is 6.51. The van der Waals surface area contributed by atoms with Crippen LogP contribution < -0.4 is 10.6 Å². The standard InChI is InChI=1S/C15H26N2O3/c1-3-14(8-5-9-16-14)12(18)17-15(13(19)20)7-4-6-11(2)10-15/h11,16H,3-10H2,1-2H3,(H,17,18)(H,19,20). The Hall–Kier alpha value is -1.10. The van der Waals surface area contributed by atoms with Crippen molar-refractivity contribution in [1.29, 1.82) is 0 Å². The van der Waals surface area contributed by atoms with Gasteiger partial charge in [0.2, 0.25) is 5.91 Å². The fourth-order valence-electron chi connectivity index (χ4n) is 3.71. The molecule has 20 heavy (non-hydrogen) atoms. The first-order valence-corrected chi connectivity index (χ1v) is 7.75. The molecule has 3 atom stereocenters. The predicted molar refractivity (Wildman–Crippen MR) is 76.4 cm³/mol. The topological polar surface area (TPSA) is 78.4 Å². The lowest BCUT2D eigenvalue weighted by molar-refractivity contribution is -0.151. The van der Waals surface area contributed by atoms with Crippen LogP contribution in [0.4, 0.5) is 0 Å². The van der Waals surface area contributed by atoms with E-state index in [2.05, 4.69) is 17.6 Å². The molecule has 0 bridgehead atoms. The van der Waals surface area contributed by atoms with Crippen molar-refractivity contribution in [2.45, 2.75) is 69.9 Å². The summed E-state index contributed by atoms with van der Waals surface area (Å²) >= 11 is 0. The average Bonchev–Trinajstić information content (AvgIpc) is 2.88. The van der Waals surface area contributed by atoms with Crippen LogP contribution in [0.25, 0.3) is 0 Å². The Labute approximate surface area is 120 Å². The van der Waals surface area contributed by atoms with Crippen LogP contribution >= 0.6 is 0 Å². The summed E-state index contributed by atoms with van der Waals surface area (Å²) in [6.07, 6.45) is 5.44. The number of nitrogens with one attached hydrogen (secondary N) is 2. The van der Waals surface area contributed by atoms with Gasteiger partial charge in [-0.05, 0) is 44.6 Å². The molecule has 1 saturated carbocycles. The van der Waals surface area contributed by atoms with E-state index in [-0.39, 0.29) is 5.91 Å². The number of carboxylic acid groups (broad SMARTS) is 1. The molecule has 0 radical (unpaired) electrons. The van der Waals surface area contributed by atoms with Gasteiger partial charge in [-0.2, -0.15) is 0 Å². The molecule has 1 amide bonds. The number of rotatable bonds is 4. The van der Waals surface area contributed by atoms with Crippen molar-refractivity contribution in [2.24, 2.45) is 5.92 Å². The summed E-state index contributed by atoms with van der Waals surface area (Å²) in [6.45, 7) is 4.87. The highest BCUT2D eigenvalue weighted by Crippen LogP contribution is 2.34. The number of carbonyl (C=O) groups is 2. The van der Waals surface area contributed by atoms with Crippen molar-refractivity contribution < 1.29 is 14.7 Å². The maximum atomic E-state index is 12.6. The van der Waals surface area contributed by atoms with Gasteiger partial charge in [-0.25, -0.2) is 4.79 Å². The molecule has 2 aliphatic rings. The van der Waals surface area contributed by atoms with Crippen molar-refractivity contribution in [1.82, 2.24) is 10.6 Å². The summed E-state index contributed by atoms with van der Waals surface area (Å²) in [7, 11) is 0. The zero-order valence-corrected chi connectivity index (χ0v) is 12.5. The summed E-state index contributed by atoms with van der Waals surface area (Å²) in [5.41, 5.74) is -1.63. The lowest BCUT2D eigenvalue weighted by atomic mass is 9.75. The Morgan fingerprint density at radius 1 is 1.35 bits per heavy atom. The first-order valence-electron chi connectivity index (χ1n) is 7.75. The maximum Gasteiger partial charge on any atom is 0.329 e. The highest BCUT2D eigenvalue weighted by Gasteiger charge is 2.48. The van der Waals surface area contributed by atoms with Crippen molar-refractivity contribution in [3.8, 4) is 0 Å². The molecule has 5 heteroatoms. The molecule has 2 rings (SSSR count). The fourth-order valence-corrected chi connectivity index (χ4v) is 3.71. The van der Waals surface area contributed by atoms with Gasteiger partial charge in [-0.3, -0.25) is 4.79 Å². The van der Waals surface area contributed by atoms with Crippen LogP contribution in [0.5, 0.6) is 0 Å². The van der Waals surface area contributed by atoms with Crippen LogP contribution in [0, 0.1) is 5.92 Å². The molecule has 0 aromatic heterocycles. The molecular formula is C15H26N2O3. The van der Waals surface area contributed by atoms with Gasteiger partial charge in [0.25, 0.3) is 0 Å². The zero-order valence-electron chi connectivity index (χ0n) is 12.5. The molecule has 0 aromatic rings. The van der Waals surface area contributed by atoms with Gasteiger partial charge >= 0.3 is 5.97 Å². The van der Waals surface area contributed by atoms with E-state index in [1.807, 2.05) is 6.92 Å². The quantitative estimate of drug-likeness (QED) is 0.733. The summed E-state index contributed by atoms with van der Waals surface area (Å²) in [5, 5.41) is 15.8. The van der Waals surface area contributed by atoms with E-state index in [9.17, 15) is 14.7 Å². The van der Waals surface area contributed by atoms with Gasteiger partial charge in [0.05, 0.1) is 5.54 Å². The Morgan fingerprint density at radius 3 is 2.60 bits per heavy atom. The minimum Gasteiger partial charge on any atom is -0.480 e. The Bertz CT molecular complexity index is 391. The van der Waals surface area contributed by atoms with Crippen LogP contribution in [0.1, 0.15) is 58.8 Å². The molecule has 1 saturated heterocycles. The van der Waals surface area contributed by atoms with Crippen LogP contribution in [0.2, 0.25) is 0 Å². The van der Waals surface area contributed by atoms with Crippen LogP contribution in [0.3, 0.4) is 0 Å². The zero-order chi connectivity index (χ0) is 14.8. The van der Waals surface area contributed by atoms with E-state index in [0.717, 1.165) is 32.2 Å². The molecule has 0 spiro atoms.